The fraction of sp³-hybridized carbons (Fsp3) is 0.182. The van der Waals surface area contributed by atoms with Gasteiger partial charge in [0.25, 0.3) is 0 Å². The van der Waals surface area contributed by atoms with Crippen LogP contribution >= 0.6 is 11.6 Å². The van der Waals surface area contributed by atoms with Crippen LogP contribution in [0.15, 0.2) is 30.9 Å². The summed E-state index contributed by atoms with van der Waals surface area (Å²) in [5.41, 5.74) is -3.27. The molecular weight excluding hydrogens is 313 g/mol. The Hall–Kier alpha value is -2.29. The maximum absolute atomic E-state index is 13.5. The standard InChI is InChI=1S/C11H6ClF3N4O2/c12-6-1-2-8-7(3-6)18-9(20)10(21-8,11(13,14)15)19-5-16-4-17-19/h1-5H,(H,18,20). The van der Waals surface area contributed by atoms with Gasteiger partial charge in [-0.15, -0.1) is 0 Å². The van der Waals surface area contributed by atoms with Crippen molar-refractivity contribution < 1.29 is 22.7 Å². The summed E-state index contributed by atoms with van der Waals surface area (Å²) in [6.45, 7) is 0. The summed E-state index contributed by atoms with van der Waals surface area (Å²) < 4.78 is 45.7. The van der Waals surface area contributed by atoms with Gasteiger partial charge in [-0.1, -0.05) is 11.6 Å². The molecule has 0 fully saturated rings. The van der Waals surface area contributed by atoms with Crippen molar-refractivity contribution in [3.63, 3.8) is 0 Å². The molecule has 1 atom stereocenters. The highest BCUT2D eigenvalue weighted by molar-refractivity contribution is 6.31. The number of benzene rings is 1. The number of hydrogen-bond acceptors (Lipinski definition) is 4. The van der Waals surface area contributed by atoms with Gasteiger partial charge in [-0.2, -0.15) is 23.0 Å². The quantitative estimate of drug-likeness (QED) is 0.875. The molecule has 1 aromatic carbocycles. The van der Waals surface area contributed by atoms with Gasteiger partial charge in [-0.3, -0.25) is 4.79 Å². The average molecular weight is 319 g/mol. The van der Waals surface area contributed by atoms with Crippen LogP contribution in [0.2, 0.25) is 5.02 Å². The van der Waals surface area contributed by atoms with Gasteiger partial charge in [0.2, 0.25) is 0 Å². The third kappa shape index (κ3) is 1.92. The molecule has 0 radical (unpaired) electrons. The van der Waals surface area contributed by atoms with E-state index in [4.69, 9.17) is 16.3 Å². The van der Waals surface area contributed by atoms with E-state index >= 15 is 0 Å². The van der Waals surface area contributed by atoms with E-state index in [1.54, 1.807) is 0 Å². The smallest absolute Gasteiger partial charge is 0.447 e. The Morgan fingerprint density at radius 2 is 2.14 bits per heavy atom. The first kappa shape index (κ1) is 13.7. The Bertz CT molecular complexity index is 704. The number of amides is 1. The number of nitrogens with one attached hydrogen (secondary N) is 1. The molecule has 1 aromatic heterocycles. The summed E-state index contributed by atoms with van der Waals surface area (Å²) in [6.07, 6.45) is -3.42. The Morgan fingerprint density at radius 3 is 2.76 bits per heavy atom. The van der Waals surface area contributed by atoms with E-state index in [1.807, 2.05) is 0 Å². The van der Waals surface area contributed by atoms with E-state index in [1.165, 1.54) is 18.2 Å². The zero-order valence-corrected chi connectivity index (χ0v) is 10.8. The molecule has 1 unspecified atom stereocenters. The second-order valence-electron chi connectivity index (χ2n) is 4.18. The lowest BCUT2D eigenvalue weighted by molar-refractivity contribution is -0.275. The van der Waals surface area contributed by atoms with E-state index in [9.17, 15) is 18.0 Å². The minimum Gasteiger partial charge on any atom is -0.447 e. The first-order chi connectivity index (χ1) is 9.84. The lowest BCUT2D eigenvalue weighted by Gasteiger charge is -2.37. The van der Waals surface area contributed by atoms with Crippen molar-refractivity contribution in [1.29, 1.82) is 0 Å². The van der Waals surface area contributed by atoms with Crippen molar-refractivity contribution in [2.45, 2.75) is 11.9 Å². The zero-order chi connectivity index (χ0) is 15.3. The Kier molecular flexibility index (Phi) is 2.84. The molecule has 2 heterocycles. The molecule has 0 spiro atoms. The summed E-state index contributed by atoms with van der Waals surface area (Å²) in [6, 6.07) is 3.87. The molecule has 3 rings (SSSR count). The number of alkyl halides is 3. The Balaban J connectivity index is 2.19. The molecule has 6 nitrogen and oxygen atoms in total. The van der Waals surface area contributed by atoms with Crippen molar-refractivity contribution in [1.82, 2.24) is 14.8 Å². The number of halogens is 4. The van der Waals surface area contributed by atoms with E-state index in [2.05, 4.69) is 15.4 Å². The molecule has 0 aliphatic carbocycles. The number of carbonyl (C=O) groups is 1. The maximum atomic E-state index is 13.5. The van der Waals surface area contributed by atoms with Crippen molar-refractivity contribution in [3.05, 3.63) is 35.9 Å². The average Bonchev–Trinajstić information content (AvgIpc) is 2.90. The minimum atomic E-state index is -5.05. The Labute approximate surface area is 120 Å². The summed E-state index contributed by atoms with van der Waals surface area (Å²) in [5, 5.41) is 5.77. The van der Waals surface area contributed by atoms with Crippen molar-refractivity contribution in [2.24, 2.45) is 0 Å². The van der Waals surface area contributed by atoms with Gasteiger partial charge in [0.1, 0.15) is 18.4 Å². The fourth-order valence-corrected chi connectivity index (χ4v) is 2.11. The highest BCUT2D eigenvalue weighted by Gasteiger charge is 2.67. The molecule has 2 aromatic rings. The maximum Gasteiger partial charge on any atom is 0.461 e. The normalized spacial score (nSPS) is 21.4. The molecule has 1 N–H and O–H groups in total. The van der Waals surface area contributed by atoms with Crippen LogP contribution in [0.25, 0.3) is 0 Å². The van der Waals surface area contributed by atoms with Crippen LogP contribution in [-0.2, 0) is 10.5 Å². The van der Waals surface area contributed by atoms with Crippen molar-refractivity contribution in [2.75, 3.05) is 5.32 Å². The predicted molar refractivity (Wildman–Crippen MR) is 64.8 cm³/mol. The van der Waals surface area contributed by atoms with Crippen LogP contribution in [-0.4, -0.2) is 26.8 Å². The van der Waals surface area contributed by atoms with Gasteiger partial charge >= 0.3 is 17.8 Å². The van der Waals surface area contributed by atoms with Gasteiger partial charge in [0.15, 0.2) is 0 Å². The zero-order valence-electron chi connectivity index (χ0n) is 10.1. The van der Waals surface area contributed by atoms with Crippen molar-refractivity contribution in [3.8, 4) is 5.75 Å². The lowest BCUT2D eigenvalue weighted by atomic mass is 10.1. The van der Waals surface area contributed by atoms with Crippen LogP contribution in [0.4, 0.5) is 18.9 Å². The van der Waals surface area contributed by atoms with Crippen molar-refractivity contribution >= 4 is 23.2 Å². The molecule has 1 aliphatic heterocycles. The van der Waals surface area contributed by atoms with Crippen LogP contribution in [0.5, 0.6) is 5.75 Å². The molecule has 1 aliphatic rings. The summed E-state index contributed by atoms with van der Waals surface area (Å²) in [5.74, 6) is -1.61. The number of fused-ring (bicyclic) bond motifs is 1. The Morgan fingerprint density at radius 1 is 1.38 bits per heavy atom. The number of ether oxygens (including phenoxy) is 1. The molecule has 0 saturated heterocycles. The topological polar surface area (TPSA) is 69.0 Å². The van der Waals surface area contributed by atoms with Crippen LogP contribution in [0.3, 0.4) is 0 Å². The second kappa shape index (κ2) is 4.35. The van der Waals surface area contributed by atoms with E-state index in [0.29, 0.717) is 4.68 Å². The number of anilines is 1. The van der Waals surface area contributed by atoms with Crippen LogP contribution in [0, 0.1) is 0 Å². The van der Waals surface area contributed by atoms with Crippen LogP contribution in [0.1, 0.15) is 0 Å². The lowest BCUT2D eigenvalue weighted by Crippen LogP contribution is -2.62. The number of aromatic nitrogens is 3. The van der Waals surface area contributed by atoms with E-state index in [0.717, 1.165) is 12.7 Å². The fourth-order valence-electron chi connectivity index (χ4n) is 1.94. The molecule has 0 saturated carbocycles. The molecule has 21 heavy (non-hydrogen) atoms. The van der Waals surface area contributed by atoms with Crippen LogP contribution < -0.4 is 10.1 Å². The third-order valence-corrected chi connectivity index (χ3v) is 3.12. The summed E-state index contributed by atoms with van der Waals surface area (Å²) in [7, 11) is 0. The minimum absolute atomic E-state index is 0.0486. The molecule has 0 bridgehead atoms. The largest absolute Gasteiger partial charge is 0.461 e. The summed E-state index contributed by atoms with van der Waals surface area (Å²) >= 11 is 5.73. The van der Waals surface area contributed by atoms with Gasteiger partial charge in [-0.25, -0.2) is 4.98 Å². The molecule has 110 valence electrons. The van der Waals surface area contributed by atoms with Gasteiger partial charge < -0.3 is 10.1 Å². The first-order valence-corrected chi connectivity index (χ1v) is 5.94. The number of nitrogens with zero attached hydrogens (tertiary/aromatic N) is 3. The number of carbonyl (C=O) groups excluding carboxylic acids is 1. The van der Waals surface area contributed by atoms with Gasteiger partial charge in [0.05, 0.1) is 5.69 Å². The number of hydrogen-bond donors (Lipinski definition) is 1. The molecule has 10 heteroatoms. The number of rotatable bonds is 1. The molecule has 1 amide bonds. The third-order valence-electron chi connectivity index (χ3n) is 2.88. The van der Waals surface area contributed by atoms with E-state index < -0.39 is 17.8 Å². The predicted octanol–water partition coefficient (Wildman–Crippen LogP) is 2.18. The first-order valence-electron chi connectivity index (χ1n) is 5.56. The highest BCUT2D eigenvalue weighted by atomic mass is 35.5. The SMILES string of the molecule is O=C1Nc2cc(Cl)ccc2OC1(n1cncn1)C(F)(F)F. The summed E-state index contributed by atoms with van der Waals surface area (Å²) in [4.78, 5) is 15.5. The second-order valence-corrected chi connectivity index (χ2v) is 4.61. The monoisotopic (exact) mass is 318 g/mol. The van der Waals surface area contributed by atoms with Gasteiger partial charge in [-0.05, 0) is 18.2 Å². The van der Waals surface area contributed by atoms with Gasteiger partial charge in [0, 0.05) is 5.02 Å². The van der Waals surface area contributed by atoms with E-state index in [-0.39, 0.29) is 16.5 Å². The highest BCUT2D eigenvalue weighted by Crippen LogP contribution is 2.45. The molecular formula is C11H6ClF3N4O2.